The molecule has 1 N–H and O–H groups in total. The Morgan fingerprint density at radius 1 is 1.13 bits per heavy atom. The standard InChI is InChI=1S/C25H27N3O3/c1-18-9-7-10-20(17-18)30-15-6-5-14-28-22-12-4-3-11-21(22)27-24(28)19(2)26-25(29)23-13-8-16-31-23/h3-4,7-13,16-17,19H,5-6,14-15H2,1-2H3,(H,26,29)/t19-/m0/s1. The molecule has 0 aliphatic carbocycles. The number of unbranched alkanes of at least 4 members (excludes halogenated alkanes) is 1. The van der Waals surface area contributed by atoms with E-state index in [0.29, 0.717) is 12.4 Å². The molecule has 0 aliphatic rings. The number of aromatic nitrogens is 2. The van der Waals surface area contributed by atoms with Gasteiger partial charge in [-0.05, 0) is 68.7 Å². The minimum absolute atomic E-state index is 0.248. The lowest BCUT2D eigenvalue weighted by atomic mass is 10.2. The number of ether oxygens (including phenoxy) is 1. The third kappa shape index (κ3) is 4.97. The Kier molecular flexibility index (Phi) is 6.36. The summed E-state index contributed by atoms with van der Waals surface area (Å²) < 4.78 is 13.3. The first kappa shape index (κ1) is 20.7. The molecule has 1 amide bonds. The molecule has 4 rings (SSSR count). The van der Waals surface area contributed by atoms with Crippen molar-refractivity contribution < 1.29 is 13.9 Å². The number of para-hydroxylation sites is 2. The number of imidazole rings is 1. The number of aryl methyl sites for hydroxylation is 2. The van der Waals surface area contributed by atoms with Crippen molar-refractivity contribution in [1.82, 2.24) is 14.9 Å². The van der Waals surface area contributed by atoms with Crippen molar-refractivity contribution >= 4 is 16.9 Å². The molecule has 160 valence electrons. The summed E-state index contributed by atoms with van der Waals surface area (Å²) in [4.78, 5) is 17.2. The van der Waals surface area contributed by atoms with E-state index >= 15 is 0 Å². The van der Waals surface area contributed by atoms with Gasteiger partial charge in [-0.25, -0.2) is 4.98 Å². The van der Waals surface area contributed by atoms with Gasteiger partial charge in [0.05, 0.1) is 29.9 Å². The molecule has 31 heavy (non-hydrogen) atoms. The van der Waals surface area contributed by atoms with Gasteiger partial charge in [-0.3, -0.25) is 4.79 Å². The zero-order valence-electron chi connectivity index (χ0n) is 17.9. The van der Waals surface area contributed by atoms with Gasteiger partial charge >= 0.3 is 0 Å². The lowest BCUT2D eigenvalue weighted by Gasteiger charge is -2.16. The Morgan fingerprint density at radius 3 is 2.81 bits per heavy atom. The van der Waals surface area contributed by atoms with Gasteiger partial charge in [-0.2, -0.15) is 0 Å². The molecular weight excluding hydrogens is 390 g/mol. The highest BCUT2D eigenvalue weighted by atomic mass is 16.5. The van der Waals surface area contributed by atoms with Crippen LogP contribution in [0.4, 0.5) is 0 Å². The van der Waals surface area contributed by atoms with Crippen molar-refractivity contribution in [2.45, 2.75) is 39.3 Å². The number of amides is 1. The number of carbonyl (C=O) groups is 1. The van der Waals surface area contributed by atoms with E-state index in [1.54, 1.807) is 12.1 Å². The summed E-state index contributed by atoms with van der Waals surface area (Å²) in [7, 11) is 0. The second-order valence-corrected chi connectivity index (χ2v) is 7.65. The van der Waals surface area contributed by atoms with Crippen molar-refractivity contribution in [3.8, 4) is 5.75 Å². The molecule has 4 aromatic rings. The molecule has 0 saturated heterocycles. The van der Waals surface area contributed by atoms with Gasteiger partial charge in [0, 0.05) is 6.54 Å². The van der Waals surface area contributed by atoms with Gasteiger partial charge in [0.2, 0.25) is 0 Å². The quantitative estimate of drug-likeness (QED) is 0.376. The number of hydrogen-bond acceptors (Lipinski definition) is 4. The SMILES string of the molecule is Cc1cccc(OCCCCn2c([C@H](C)NC(=O)c3ccco3)nc3ccccc32)c1. The molecule has 1 atom stereocenters. The lowest BCUT2D eigenvalue weighted by molar-refractivity contribution is 0.0909. The number of hydrogen-bond donors (Lipinski definition) is 1. The predicted octanol–water partition coefficient (Wildman–Crippen LogP) is 5.29. The van der Waals surface area contributed by atoms with Crippen LogP contribution in [0.5, 0.6) is 5.75 Å². The molecule has 0 unspecified atom stereocenters. The smallest absolute Gasteiger partial charge is 0.287 e. The highest BCUT2D eigenvalue weighted by molar-refractivity contribution is 5.91. The molecule has 2 heterocycles. The Bertz CT molecular complexity index is 1150. The molecule has 0 radical (unpaired) electrons. The van der Waals surface area contributed by atoms with Gasteiger partial charge in [-0.1, -0.05) is 24.3 Å². The van der Waals surface area contributed by atoms with E-state index in [0.717, 1.165) is 42.0 Å². The largest absolute Gasteiger partial charge is 0.494 e. The van der Waals surface area contributed by atoms with Crippen LogP contribution in [-0.2, 0) is 6.54 Å². The van der Waals surface area contributed by atoms with E-state index in [4.69, 9.17) is 14.1 Å². The average Bonchev–Trinajstić information content (AvgIpc) is 3.42. The number of furan rings is 1. The predicted molar refractivity (Wildman–Crippen MR) is 120 cm³/mol. The number of rotatable bonds is 9. The summed E-state index contributed by atoms with van der Waals surface area (Å²) in [5.41, 5.74) is 3.18. The van der Waals surface area contributed by atoms with Crippen molar-refractivity contribution in [2.75, 3.05) is 6.61 Å². The van der Waals surface area contributed by atoms with E-state index in [9.17, 15) is 4.79 Å². The summed E-state index contributed by atoms with van der Waals surface area (Å²) in [6.07, 6.45) is 3.36. The van der Waals surface area contributed by atoms with E-state index < -0.39 is 0 Å². The van der Waals surface area contributed by atoms with Crippen LogP contribution in [0.3, 0.4) is 0 Å². The molecule has 2 aromatic heterocycles. The van der Waals surface area contributed by atoms with Gasteiger partial charge in [0.25, 0.3) is 5.91 Å². The lowest BCUT2D eigenvalue weighted by Crippen LogP contribution is -2.28. The number of benzene rings is 2. The van der Waals surface area contributed by atoms with Crippen LogP contribution < -0.4 is 10.1 Å². The highest BCUT2D eigenvalue weighted by Gasteiger charge is 2.19. The Hall–Kier alpha value is -3.54. The van der Waals surface area contributed by atoms with E-state index in [1.165, 1.54) is 11.8 Å². The Labute approximate surface area is 181 Å². The van der Waals surface area contributed by atoms with E-state index in [2.05, 4.69) is 28.9 Å². The van der Waals surface area contributed by atoms with Gasteiger partial charge in [-0.15, -0.1) is 0 Å². The van der Waals surface area contributed by atoms with Crippen molar-refractivity contribution in [1.29, 1.82) is 0 Å². The van der Waals surface area contributed by atoms with Crippen LogP contribution in [0.1, 0.15) is 47.7 Å². The van der Waals surface area contributed by atoms with Crippen molar-refractivity contribution in [2.24, 2.45) is 0 Å². The third-order valence-electron chi connectivity index (χ3n) is 5.20. The fraction of sp³-hybridized carbons (Fsp3) is 0.280. The fourth-order valence-electron chi connectivity index (χ4n) is 3.67. The molecule has 0 bridgehead atoms. The van der Waals surface area contributed by atoms with Crippen LogP contribution >= 0.6 is 0 Å². The fourth-order valence-corrected chi connectivity index (χ4v) is 3.67. The molecular formula is C25H27N3O3. The van der Waals surface area contributed by atoms with Crippen LogP contribution in [0.25, 0.3) is 11.0 Å². The normalized spacial score (nSPS) is 12.1. The van der Waals surface area contributed by atoms with Gasteiger partial charge in [0.15, 0.2) is 5.76 Å². The van der Waals surface area contributed by atoms with Crippen LogP contribution in [0, 0.1) is 6.92 Å². The first-order chi connectivity index (χ1) is 15.1. The summed E-state index contributed by atoms with van der Waals surface area (Å²) in [6, 6.07) is 19.2. The highest BCUT2D eigenvalue weighted by Crippen LogP contribution is 2.22. The maximum Gasteiger partial charge on any atom is 0.287 e. The minimum atomic E-state index is -0.256. The zero-order valence-corrected chi connectivity index (χ0v) is 17.9. The van der Waals surface area contributed by atoms with Crippen molar-refractivity contribution in [3.63, 3.8) is 0 Å². The minimum Gasteiger partial charge on any atom is -0.494 e. The summed E-state index contributed by atoms with van der Waals surface area (Å²) in [6.45, 7) is 5.47. The monoisotopic (exact) mass is 417 g/mol. The molecule has 6 nitrogen and oxygen atoms in total. The van der Waals surface area contributed by atoms with Crippen LogP contribution in [0.2, 0.25) is 0 Å². The average molecular weight is 418 g/mol. The van der Waals surface area contributed by atoms with Gasteiger partial charge in [0.1, 0.15) is 11.6 Å². The van der Waals surface area contributed by atoms with Crippen LogP contribution in [-0.4, -0.2) is 22.1 Å². The maximum atomic E-state index is 12.4. The molecule has 6 heteroatoms. The van der Waals surface area contributed by atoms with Crippen LogP contribution in [0.15, 0.2) is 71.3 Å². The molecule has 0 spiro atoms. The number of nitrogens with one attached hydrogen (secondary N) is 1. The molecule has 0 fully saturated rings. The molecule has 0 saturated carbocycles. The molecule has 2 aromatic carbocycles. The Balaban J connectivity index is 1.41. The first-order valence-corrected chi connectivity index (χ1v) is 10.6. The second kappa shape index (κ2) is 9.51. The summed E-state index contributed by atoms with van der Waals surface area (Å²) in [5, 5.41) is 2.99. The number of fused-ring (bicyclic) bond motifs is 1. The topological polar surface area (TPSA) is 69.3 Å². The molecule has 0 aliphatic heterocycles. The Morgan fingerprint density at radius 2 is 2.00 bits per heavy atom. The summed E-state index contributed by atoms with van der Waals surface area (Å²) >= 11 is 0. The third-order valence-corrected chi connectivity index (χ3v) is 5.20. The summed E-state index contributed by atoms with van der Waals surface area (Å²) in [5.74, 6) is 1.79. The maximum absolute atomic E-state index is 12.4. The van der Waals surface area contributed by atoms with E-state index in [1.807, 2.05) is 43.3 Å². The van der Waals surface area contributed by atoms with Gasteiger partial charge < -0.3 is 19.0 Å². The number of carbonyl (C=O) groups excluding carboxylic acids is 1. The zero-order chi connectivity index (χ0) is 21.6. The van der Waals surface area contributed by atoms with E-state index in [-0.39, 0.29) is 11.9 Å². The van der Waals surface area contributed by atoms with Crippen molar-refractivity contribution in [3.05, 3.63) is 84.1 Å². The number of nitrogens with zero attached hydrogens (tertiary/aromatic N) is 2. The second-order valence-electron chi connectivity index (χ2n) is 7.65. The first-order valence-electron chi connectivity index (χ1n) is 10.6.